The van der Waals surface area contributed by atoms with Crippen LogP contribution in [0.3, 0.4) is 0 Å². The minimum Gasteiger partial charge on any atom is -0.496 e. The van der Waals surface area contributed by atoms with Crippen molar-refractivity contribution in [1.29, 1.82) is 0 Å². The molecule has 1 aromatic carbocycles. The second-order valence-electron chi connectivity index (χ2n) is 5.59. The molecule has 0 amide bonds. The summed E-state index contributed by atoms with van der Waals surface area (Å²) in [6.07, 6.45) is 5.93. The number of hydrogen-bond donors (Lipinski definition) is 0. The topological polar surface area (TPSA) is 9.23 Å². The highest BCUT2D eigenvalue weighted by Gasteiger charge is 2.36. The Balaban J connectivity index is 2.37. The monoisotopic (exact) mass is 348 g/mol. The van der Waals surface area contributed by atoms with Crippen molar-refractivity contribution in [3.05, 3.63) is 28.0 Å². The van der Waals surface area contributed by atoms with Gasteiger partial charge in [0.1, 0.15) is 11.6 Å². The maximum absolute atomic E-state index is 13.6. The summed E-state index contributed by atoms with van der Waals surface area (Å²) in [7, 11) is 1.55. The fourth-order valence-electron chi connectivity index (χ4n) is 2.91. The molecule has 0 spiro atoms. The zero-order chi connectivity index (χ0) is 14.0. The number of hydrogen-bond acceptors (Lipinski definition) is 1. The van der Waals surface area contributed by atoms with Crippen LogP contribution in [0.5, 0.6) is 5.75 Å². The van der Waals surface area contributed by atoms with E-state index in [1.54, 1.807) is 13.2 Å². The fraction of sp³-hybridized carbons (Fsp3) is 0.600. The molecule has 0 heterocycles. The number of benzene rings is 1. The van der Waals surface area contributed by atoms with Gasteiger partial charge in [-0.1, -0.05) is 26.2 Å². The Morgan fingerprint density at radius 2 is 1.95 bits per heavy atom. The average Bonchev–Trinajstić information content (AvgIpc) is 2.41. The molecule has 19 heavy (non-hydrogen) atoms. The van der Waals surface area contributed by atoms with Crippen molar-refractivity contribution in [2.75, 3.05) is 7.11 Å². The lowest BCUT2D eigenvalue weighted by molar-refractivity contribution is 0.204. The quantitative estimate of drug-likeness (QED) is 0.622. The minimum absolute atomic E-state index is 0.0599. The lowest BCUT2D eigenvalue weighted by Crippen LogP contribution is -2.25. The van der Waals surface area contributed by atoms with E-state index in [1.165, 1.54) is 25.3 Å². The van der Waals surface area contributed by atoms with Crippen LogP contribution in [0.4, 0.5) is 4.39 Å². The Labute approximate surface area is 127 Å². The maximum atomic E-state index is 13.6. The summed E-state index contributed by atoms with van der Waals surface area (Å²) in [5, 5.41) is -0.153. The molecule has 0 aliphatic heterocycles. The van der Waals surface area contributed by atoms with Gasteiger partial charge in [0.2, 0.25) is 0 Å². The van der Waals surface area contributed by atoms with E-state index in [1.807, 2.05) is 0 Å². The van der Waals surface area contributed by atoms with Crippen LogP contribution in [0.15, 0.2) is 16.6 Å². The van der Waals surface area contributed by atoms with E-state index >= 15 is 0 Å². The van der Waals surface area contributed by atoms with Gasteiger partial charge in [-0.05, 0) is 40.3 Å². The van der Waals surface area contributed by atoms with Crippen LogP contribution in [0.2, 0.25) is 0 Å². The van der Waals surface area contributed by atoms with Crippen LogP contribution in [0, 0.1) is 11.2 Å². The summed E-state index contributed by atoms with van der Waals surface area (Å²) in [6, 6.07) is 3.16. The highest BCUT2D eigenvalue weighted by Crippen LogP contribution is 2.51. The first-order chi connectivity index (χ1) is 8.98. The van der Waals surface area contributed by atoms with Crippen LogP contribution in [-0.4, -0.2) is 7.11 Å². The van der Waals surface area contributed by atoms with Gasteiger partial charge in [0.25, 0.3) is 0 Å². The third-order valence-electron chi connectivity index (χ3n) is 4.15. The van der Waals surface area contributed by atoms with Crippen LogP contribution < -0.4 is 4.74 Å². The first kappa shape index (κ1) is 15.1. The molecule has 0 aromatic heterocycles. The van der Waals surface area contributed by atoms with Gasteiger partial charge in [-0.15, -0.1) is 11.6 Å². The van der Waals surface area contributed by atoms with E-state index in [2.05, 4.69) is 22.9 Å². The zero-order valence-electron chi connectivity index (χ0n) is 11.3. The average molecular weight is 350 g/mol. The lowest BCUT2D eigenvalue weighted by Gasteiger charge is -2.38. The van der Waals surface area contributed by atoms with Crippen molar-refractivity contribution in [2.24, 2.45) is 5.41 Å². The van der Waals surface area contributed by atoms with Crippen LogP contribution in [0.25, 0.3) is 0 Å². The highest BCUT2D eigenvalue weighted by molar-refractivity contribution is 9.10. The molecule has 0 bridgehead atoms. The summed E-state index contributed by atoms with van der Waals surface area (Å²) in [6.45, 7) is 2.22. The molecule has 1 fully saturated rings. The third kappa shape index (κ3) is 3.08. The van der Waals surface area contributed by atoms with E-state index in [9.17, 15) is 4.39 Å². The first-order valence-corrected chi connectivity index (χ1v) is 7.88. The Morgan fingerprint density at radius 1 is 1.32 bits per heavy atom. The maximum Gasteiger partial charge on any atom is 0.141 e. The predicted molar refractivity (Wildman–Crippen MR) is 80.4 cm³/mol. The van der Waals surface area contributed by atoms with Crippen molar-refractivity contribution in [2.45, 2.75) is 44.4 Å². The van der Waals surface area contributed by atoms with Gasteiger partial charge >= 0.3 is 0 Å². The second kappa shape index (κ2) is 6.01. The van der Waals surface area contributed by atoms with Crippen LogP contribution in [0.1, 0.15) is 50.0 Å². The molecule has 1 nitrogen and oxygen atoms in total. The predicted octanol–water partition coefficient (Wildman–Crippen LogP) is 5.85. The molecule has 2 rings (SSSR count). The Morgan fingerprint density at radius 3 is 2.53 bits per heavy atom. The molecule has 1 aromatic rings. The van der Waals surface area contributed by atoms with Gasteiger partial charge in [0.15, 0.2) is 0 Å². The minimum atomic E-state index is -0.321. The summed E-state index contributed by atoms with van der Waals surface area (Å²) >= 11 is 9.94. The molecule has 1 atom stereocenters. The van der Waals surface area contributed by atoms with Gasteiger partial charge in [0.05, 0.1) is 17.0 Å². The Bertz CT molecular complexity index is 458. The Kier molecular flexibility index (Phi) is 4.78. The third-order valence-corrected chi connectivity index (χ3v) is 5.52. The fourth-order valence-corrected chi connectivity index (χ4v) is 3.66. The number of rotatable bonds is 3. The largest absolute Gasteiger partial charge is 0.496 e. The summed E-state index contributed by atoms with van der Waals surface area (Å²) < 4.78 is 19.3. The Hall–Kier alpha value is -0.280. The SMILES string of the molecule is COc1cc(F)c(Br)cc1C(Cl)C1(C)CCCCC1. The van der Waals surface area contributed by atoms with Gasteiger partial charge in [-0.25, -0.2) is 4.39 Å². The number of ether oxygens (including phenoxy) is 1. The smallest absolute Gasteiger partial charge is 0.141 e. The van der Waals surface area contributed by atoms with Gasteiger partial charge < -0.3 is 4.74 Å². The molecule has 0 N–H and O–H groups in total. The first-order valence-electron chi connectivity index (χ1n) is 6.65. The van der Waals surface area contributed by atoms with Gasteiger partial charge in [-0.3, -0.25) is 0 Å². The van der Waals surface area contributed by atoms with Gasteiger partial charge in [0, 0.05) is 11.6 Å². The van der Waals surface area contributed by atoms with E-state index < -0.39 is 0 Å². The lowest BCUT2D eigenvalue weighted by atomic mass is 9.71. The van der Waals surface area contributed by atoms with Crippen molar-refractivity contribution in [3.63, 3.8) is 0 Å². The molecule has 0 saturated heterocycles. The van der Waals surface area contributed by atoms with Crippen molar-refractivity contribution in [3.8, 4) is 5.75 Å². The molecule has 0 radical (unpaired) electrons. The van der Waals surface area contributed by atoms with Gasteiger partial charge in [-0.2, -0.15) is 0 Å². The highest BCUT2D eigenvalue weighted by atomic mass is 79.9. The van der Waals surface area contributed by atoms with Crippen molar-refractivity contribution >= 4 is 27.5 Å². The number of methoxy groups -OCH3 is 1. The van der Waals surface area contributed by atoms with Crippen molar-refractivity contribution < 1.29 is 9.13 Å². The molecule has 1 aliphatic rings. The summed E-state index contributed by atoms with van der Waals surface area (Å²) in [5.74, 6) is 0.214. The van der Waals surface area contributed by atoms with Crippen molar-refractivity contribution in [1.82, 2.24) is 0 Å². The molecule has 106 valence electrons. The van der Waals surface area contributed by atoms with E-state index in [4.69, 9.17) is 16.3 Å². The molecular formula is C15H19BrClFO. The summed E-state index contributed by atoms with van der Waals surface area (Å²) in [5.41, 5.74) is 0.937. The van der Waals surface area contributed by atoms with E-state index in [0.29, 0.717) is 10.2 Å². The van der Waals surface area contributed by atoms with Crippen LogP contribution in [-0.2, 0) is 0 Å². The zero-order valence-corrected chi connectivity index (χ0v) is 13.7. The molecule has 4 heteroatoms. The number of alkyl halides is 1. The normalized spacial score (nSPS) is 20.1. The molecule has 1 aliphatic carbocycles. The van der Waals surface area contributed by atoms with E-state index in [-0.39, 0.29) is 16.6 Å². The second-order valence-corrected chi connectivity index (χ2v) is 6.88. The standard InChI is InChI=1S/C15H19BrClFO/c1-15(6-4-3-5-7-15)14(17)10-8-11(16)12(18)9-13(10)19-2/h8-9,14H,3-7H2,1-2H3. The molecular weight excluding hydrogens is 331 g/mol. The summed E-state index contributed by atoms with van der Waals surface area (Å²) in [4.78, 5) is 0. The molecule has 1 unspecified atom stereocenters. The number of halogens is 3. The van der Waals surface area contributed by atoms with Crippen LogP contribution >= 0.6 is 27.5 Å². The van der Waals surface area contributed by atoms with E-state index in [0.717, 1.165) is 18.4 Å². The molecule has 1 saturated carbocycles.